The van der Waals surface area contributed by atoms with Gasteiger partial charge in [0.2, 0.25) is 0 Å². The number of hydroxylamine groups is 2. The standard InChI is InChI=1S/C10H12N2O/c11-10-7-6-9(12(10)13)8-4-2-1-3-5-8/h1-5,9,11,13H,6-7H2/t9-/m0/s1. The largest absolute Gasteiger partial charge is 0.287 e. The fourth-order valence-electron chi connectivity index (χ4n) is 1.68. The summed E-state index contributed by atoms with van der Waals surface area (Å²) in [6.45, 7) is 0. The van der Waals surface area contributed by atoms with Crippen molar-refractivity contribution < 1.29 is 5.21 Å². The summed E-state index contributed by atoms with van der Waals surface area (Å²) in [5.41, 5.74) is 1.08. The minimum absolute atomic E-state index is 0.0197. The molecule has 1 atom stereocenters. The number of hydrogen-bond acceptors (Lipinski definition) is 2. The molecule has 1 aliphatic heterocycles. The van der Waals surface area contributed by atoms with Gasteiger partial charge in [0.25, 0.3) is 0 Å². The number of benzene rings is 1. The first kappa shape index (κ1) is 8.26. The average molecular weight is 176 g/mol. The van der Waals surface area contributed by atoms with Gasteiger partial charge in [0.1, 0.15) is 5.84 Å². The molecule has 3 nitrogen and oxygen atoms in total. The van der Waals surface area contributed by atoms with Crippen molar-refractivity contribution in [3.8, 4) is 0 Å². The zero-order valence-corrected chi connectivity index (χ0v) is 7.27. The van der Waals surface area contributed by atoms with E-state index in [1.807, 2.05) is 30.3 Å². The number of rotatable bonds is 1. The molecular formula is C10H12N2O. The molecule has 0 saturated carbocycles. The first-order valence-electron chi connectivity index (χ1n) is 4.39. The molecule has 1 aliphatic rings. The number of amidine groups is 1. The highest BCUT2D eigenvalue weighted by atomic mass is 16.5. The van der Waals surface area contributed by atoms with Crippen LogP contribution in [0, 0.1) is 5.41 Å². The highest BCUT2D eigenvalue weighted by Crippen LogP contribution is 2.30. The molecule has 3 heteroatoms. The summed E-state index contributed by atoms with van der Waals surface area (Å²) in [5, 5.41) is 18.0. The molecule has 0 unspecified atom stereocenters. The Morgan fingerprint density at radius 1 is 1.31 bits per heavy atom. The van der Waals surface area contributed by atoms with Crippen molar-refractivity contribution in [2.45, 2.75) is 18.9 Å². The van der Waals surface area contributed by atoms with Crippen molar-refractivity contribution in [3.05, 3.63) is 35.9 Å². The van der Waals surface area contributed by atoms with Gasteiger partial charge in [-0.15, -0.1) is 0 Å². The summed E-state index contributed by atoms with van der Waals surface area (Å²) in [6, 6.07) is 9.79. The van der Waals surface area contributed by atoms with Crippen molar-refractivity contribution in [1.82, 2.24) is 5.06 Å². The summed E-state index contributed by atoms with van der Waals surface area (Å²) >= 11 is 0. The van der Waals surface area contributed by atoms with Gasteiger partial charge in [0.15, 0.2) is 0 Å². The molecule has 13 heavy (non-hydrogen) atoms. The van der Waals surface area contributed by atoms with Gasteiger partial charge in [0.05, 0.1) is 6.04 Å². The second kappa shape index (κ2) is 3.18. The lowest BCUT2D eigenvalue weighted by atomic mass is 10.1. The van der Waals surface area contributed by atoms with Gasteiger partial charge < -0.3 is 0 Å². The number of nitrogens with zero attached hydrogens (tertiary/aromatic N) is 1. The minimum Gasteiger partial charge on any atom is -0.287 e. The van der Waals surface area contributed by atoms with E-state index in [-0.39, 0.29) is 6.04 Å². The fourth-order valence-corrected chi connectivity index (χ4v) is 1.68. The molecule has 2 rings (SSSR count). The lowest BCUT2D eigenvalue weighted by Crippen LogP contribution is -2.22. The van der Waals surface area contributed by atoms with Crippen LogP contribution in [0.15, 0.2) is 30.3 Å². The molecule has 1 saturated heterocycles. The van der Waals surface area contributed by atoms with Crippen LogP contribution in [-0.4, -0.2) is 16.1 Å². The third kappa shape index (κ3) is 1.42. The van der Waals surface area contributed by atoms with Crippen LogP contribution in [0.3, 0.4) is 0 Å². The van der Waals surface area contributed by atoms with Crippen molar-refractivity contribution in [3.63, 3.8) is 0 Å². The van der Waals surface area contributed by atoms with Crippen LogP contribution in [0.4, 0.5) is 0 Å². The van der Waals surface area contributed by atoms with E-state index < -0.39 is 0 Å². The maximum atomic E-state index is 9.52. The molecule has 2 N–H and O–H groups in total. The van der Waals surface area contributed by atoms with E-state index >= 15 is 0 Å². The molecule has 0 aliphatic carbocycles. The summed E-state index contributed by atoms with van der Waals surface area (Å²) in [6.07, 6.45) is 1.50. The lowest BCUT2D eigenvalue weighted by molar-refractivity contribution is -0.0438. The number of hydrogen-bond donors (Lipinski definition) is 2. The van der Waals surface area contributed by atoms with E-state index in [0.717, 1.165) is 17.0 Å². The smallest absolute Gasteiger partial charge is 0.121 e. The van der Waals surface area contributed by atoms with Crippen LogP contribution in [0.2, 0.25) is 0 Å². The fraction of sp³-hybridized carbons (Fsp3) is 0.300. The van der Waals surface area contributed by atoms with Gasteiger partial charge in [-0.2, -0.15) is 0 Å². The summed E-state index contributed by atoms with van der Waals surface area (Å²) < 4.78 is 0. The third-order valence-corrected chi connectivity index (χ3v) is 2.41. The van der Waals surface area contributed by atoms with Crippen LogP contribution >= 0.6 is 0 Å². The predicted molar refractivity (Wildman–Crippen MR) is 49.8 cm³/mol. The Bertz CT molecular complexity index is 310. The Kier molecular flexibility index (Phi) is 2.02. The van der Waals surface area contributed by atoms with Gasteiger partial charge in [-0.25, -0.2) is 5.06 Å². The monoisotopic (exact) mass is 176 g/mol. The summed E-state index contributed by atoms with van der Waals surface area (Å²) in [5.74, 6) is 0.314. The Morgan fingerprint density at radius 3 is 2.54 bits per heavy atom. The maximum Gasteiger partial charge on any atom is 0.121 e. The van der Waals surface area contributed by atoms with Gasteiger partial charge in [-0.05, 0) is 12.0 Å². The van der Waals surface area contributed by atoms with Crippen molar-refractivity contribution in [1.29, 1.82) is 5.41 Å². The van der Waals surface area contributed by atoms with Crippen LogP contribution in [0.1, 0.15) is 24.4 Å². The highest BCUT2D eigenvalue weighted by Gasteiger charge is 2.27. The first-order valence-corrected chi connectivity index (χ1v) is 4.39. The third-order valence-electron chi connectivity index (χ3n) is 2.41. The topological polar surface area (TPSA) is 47.3 Å². The minimum atomic E-state index is -0.0197. The second-order valence-corrected chi connectivity index (χ2v) is 3.26. The Balaban J connectivity index is 2.24. The first-order chi connectivity index (χ1) is 6.29. The van der Waals surface area contributed by atoms with E-state index in [2.05, 4.69) is 0 Å². The summed E-state index contributed by atoms with van der Waals surface area (Å²) in [4.78, 5) is 0. The number of nitrogens with one attached hydrogen (secondary N) is 1. The van der Waals surface area contributed by atoms with Crippen LogP contribution in [0.25, 0.3) is 0 Å². The van der Waals surface area contributed by atoms with Crippen molar-refractivity contribution >= 4 is 5.84 Å². The summed E-state index contributed by atoms with van der Waals surface area (Å²) in [7, 11) is 0. The SMILES string of the molecule is N=C1CC[C@@H](c2ccccc2)N1O. The average Bonchev–Trinajstić information content (AvgIpc) is 2.49. The molecule has 1 aromatic carbocycles. The second-order valence-electron chi connectivity index (χ2n) is 3.26. The normalized spacial score (nSPS) is 22.4. The molecule has 0 aromatic heterocycles. The molecule has 0 spiro atoms. The van der Waals surface area contributed by atoms with Crippen molar-refractivity contribution in [2.24, 2.45) is 0 Å². The lowest BCUT2D eigenvalue weighted by Gasteiger charge is -2.18. The van der Waals surface area contributed by atoms with Crippen LogP contribution in [0.5, 0.6) is 0 Å². The van der Waals surface area contributed by atoms with Gasteiger partial charge >= 0.3 is 0 Å². The molecule has 1 aromatic rings. The quantitative estimate of drug-likeness (QED) is 0.689. The molecule has 0 bridgehead atoms. The van der Waals surface area contributed by atoms with Gasteiger partial charge in [0, 0.05) is 6.42 Å². The van der Waals surface area contributed by atoms with E-state index in [4.69, 9.17) is 5.41 Å². The molecule has 0 radical (unpaired) electrons. The molecular weight excluding hydrogens is 164 g/mol. The zero-order chi connectivity index (χ0) is 9.26. The Morgan fingerprint density at radius 2 is 2.00 bits per heavy atom. The van der Waals surface area contributed by atoms with Gasteiger partial charge in [-0.3, -0.25) is 10.6 Å². The molecule has 68 valence electrons. The Hall–Kier alpha value is -1.35. The van der Waals surface area contributed by atoms with E-state index in [9.17, 15) is 5.21 Å². The predicted octanol–water partition coefficient (Wildman–Crippen LogP) is 2.19. The van der Waals surface area contributed by atoms with E-state index in [1.54, 1.807) is 0 Å². The maximum absolute atomic E-state index is 9.52. The van der Waals surface area contributed by atoms with E-state index in [1.165, 1.54) is 0 Å². The van der Waals surface area contributed by atoms with Crippen LogP contribution in [-0.2, 0) is 0 Å². The molecule has 1 fully saturated rings. The zero-order valence-electron chi connectivity index (χ0n) is 7.27. The Labute approximate surface area is 77.1 Å². The van der Waals surface area contributed by atoms with Gasteiger partial charge in [-0.1, -0.05) is 30.3 Å². The highest BCUT2D eigenvalue weighted by molar-refractivity contribution is 5.80. The van der Waals surface area contributed by atoms with Crippen molar-refractivity contribution in [2.75, 3.05) is 0 Å². The van der Waals surface area contributed by atoms with E-state index in [0.29, 0.717) is 12.3 Å². The molecule has 0 amide bonds. The molecule has 1 heterocycles. The van der Waals surface area contributed by atoms with Crippen LogP contribution < -0.4 is 0 Å².